The molecule has 2 atom stereocenters. The van der Waals surface area contributed by atoms with Gasteiger partial charge in [0.05, 0.1) is 6.21 Å². The molecule has 1 aliphatic carbocycles. The first kappa shape index (κ1) is 18.5. The smallest absolute Gasteiger partial charge is 0.320 e. The molecule has 6 nitrogen and oxygen atoms in total. The maximum Gasteiger partial charge on any atom is 0.320 e. The number of carboxylic acid groups (broad SMARTS) is 1. The number of nitrogens with zero attached hydrogens (tertiary/aromatic N) is 2. The van der Waals surface area contributed by atoms with E-state index in [4.69, 9.17) is 0 Å². The quantitative estimate of drug-likeness (QED) is 0.369. The number of benzene rings is 1. The highest BCUT2D eigenvalue weighted by atomic mass is 16.4. The standard InChI is InChI=1S/C21H21N3O3/c1-15-9-10-21(20(26)27,18(12-15)17-7-3-2-4-8-17)19(25)24-23-14-16-6-5-11-22-13-16/h2-9,11,13-14,18H,10,12H2,1H3,(H,24,25)(H,26,27)/b23-14-/t18-,21-/m1/s1. The first-order valence-corrected chi connectivity index (χ1v) is 8.71. The Hall–Kier alpha value is -3.28. The van der Waals surface area contributed by atoms with E-state index < -0.39 is 23.2 Å². The maximum absolute atomic E-state index is 13.0. The van der Waals surface area contributed by atoms with Crippen LogP contribution in [0.3, 0.4) is 0 Å². The number of allylic oxidation sites excluding steroid dienone is 2. The Bertz CT molecular complexity index is 878. The molecule has 0 saturated heterocycles. The highest BCUT2D eigenvalue weighted by Crippen LogP contribution is 2.47. The molecule has 0 saturated carbocycles. The molecule has 1 heterocycles. The third-order valence-corrected chi connectivity index (χ3v) is 4.95. The molecular formula is C21H21N3O3. The molecule has 6 heteroatoms. The van der Waals surface area contributed by atoms with Crippen LogP contribution in [0.1, 0.15) is 36.8 Å². The fraction of sp³-hybridized carbons (Fsp3) is 0.238. The normalized spacial score (nSPS) is 22.3. The molecule has 1 aliphatic rings. The number of aliphatic carboxylic acids is 1. The van der Waals surface area contributed by atoms with Gasteiger partial charge in [-0.1, -0.05) is 48.0 Å². The van der Waals surface area contributed by atoms with Crippen LogP contribution in [0.15, 0.2) is 71.6 Å². The van der Waals surface area contributed by atoms with Crippen LogP contribution in [0, 0.1) is 5.41 Å². The number of carboxylic acids is 1. The van der Waals surface area contributed by atoms with E-state index in [2.05, 4.69) is 15.5 Å². The second-order valence-electron chi connectivity index (χ2n) is 6.68. The van der Waals surface area contributed by atoms with Crippen LogP contribution in [0.5, 0.6) is 0 Å². The molecule has 0 unspecified atom stereocenters. The van der Waals surface area contributed by atoms with E-state index in [9.17, 15) is 14.7 Å². The summed E-state index contributed by atoms with van der Waals surface area (Å²) in [6, 6.07) is 12.9. The summed E-state index contributed by atoms with van der Waals surface area (Å²) in [6.07, 6.45) is 7.15. The minimum atomic E-state index is -1.60. The van der Waals surface area contributed by atoms with Crippen LogP contribution in [-0.2, 0) is 9.59 Å². The minimum absolute atomic E-state index is 0.127. The van der Waals surface area contributed by atoms with Gasteiger partial charge in [-0.2, -0.15) is 5.10 Å². The van der Waals surface area contributed by atoms with Crippen molar-refractivity contribution in [2.24, 2.45) is 10.5 Å². The maximum atomic E-state index is 13.0. The zero-order valence-electron chi connectivity index (χ0n) is 15.0. The second kappa shape index (κ2) is 7.95. The SMILES string of the molecule is CC1=CC[C@](C(=O)O)(C(=O)N/N=C\c2cccnc2)[C@@H](c2ccccc2)C1. The van der Waals surface area contributed by atoms with Gasteiger partial charge in [-0.25, -0.2) is 5.43 Å². The predicted octanol–water partition coefficient (Wildman–Crippen LogP) is 3.13. The second-order valence-corrected chi connectivity index (χ2v) is 6.68. The summed E-state index contributed by atoms with van der Waals surface area (Å²) in [5.74, 6) is -2.23. The number of aromatic nitrogens is 1. The van der Waals surface area contributed by atoms with Crippen molar-refractivity contribution in [3.05, 3.63) is 77.6 Å². The molecule has 138 valence electrons. The number of carbonyl (C=O) groups is 2. The van der Waals surface area contributed by atoms with Gasteiger partial charge in [0.1, 0.15) is 0 Å². The van der Waals surface area contributed by atoms with Crippen LogP contribution in [0.2, 0.25) is 0 Å². The zero-order chi connectivity index (χ0) is 19.3. The third-order valence-electron chi connectivity index (χ3n) is 4.95. The van der Waals surface area contributed by atoms with Crippen LogP contribution < -0.4 is 5.43 Å². The third kappa shape index (κ3) is 3.79. The highest BCUT2D eigenvalue weighted by Gasteiger charge is 2.53. The molecule has 2 N–H and O–H groups in total. The molecule has 0 aliphatic heterocycles. The number of nitrogens with one attached hydrogen (secondary N) is 1. The Morgan fingerprint density at radius 3 is 2.70 bits per heavy atom. The summed E-state index contributed by atoms with van der Waals surface area (Å²) in [7, 11) is 0. The number of hydrazone groups is 1. The Morgan fingerprint density at radius 1 is 1.26 bits per heavy atom. The molecule has 0 spiro atoms. The molecular weight excluding hydrogens is 342 g/mol. The molecule has 2 aromatic rings. The largest absolute Gasteiger partial charge is 0.480 e. The Morgan fingerprint density at radius 2 is 2.04 bits per heavy atom. The van der Waals surface area contributed by atoms with Crippen molar-refractivity contribution in [3.8, 4) is 0 Å². The number of hydrogen-bond donors (Lipinski definition) is 2. The summed E-state index contributed by atoms with van der Waals surface area (Å²) in [6.45, 7) is 1.96. The van der Waals surface area contributed by atoms with Crippen LogP contribution >= 0.6 is 0 Å². The molecule has 3 rings (SSSR count). The minimum Gasteiger partial charge on any atom is -0.480 e. The fourth-order valence-corrected chi connectivity index (χ4v) is 3.45. The highest BCUT2D eigenvalue weighted by molar-refractivity contribution is 6.03. The molecule has 1 amide bonds. The first-order valence-electron chi connectivity index (χ1n) is 8.71. The Labute approximate surface area is 157 Å². The van der Waals surface area contributed by atoms with Crippen LogP contribution in [0.25, 0.3) is 0 Å². The van der Waals surface area contributed by atoms with Gasteiger partial charge in [-0.15, -0.1) is 0 Å². The Balaban J connectivity index is 1.91. The van der Waals surface area contributed by atoms with E-state index in [0.29, 0.717) is 12.0 Å². The molecule has 0 bridgehead atoms. The molecule has 0 radical (unpaired) electrons. The summed E-state index contributed by atoms with van der Waals surface area (Å²) in [5, 5.41) is 14.0. The zero-order valence-corrected chi connectivity index (χ0v) is 15.0. The van der Waals surface area contributed by atoms with Gasteiger partial charge in [-0.3, -0.25) is 14.6 Å². The predicted molar refractivity (Wildman–Crippen MR) is 102 cm³/mol. The lowest BCUT2D eigenvalue weighted by molar-refractivity contribution is -0.158. The summed E-state index contributed by atoms with van der Waals surface area (Å²) in [5.41, 5.74) is 3.44. The first-order chi connectivity index (χ1) is 13.0. The lowest BCUT2D eigenvalue weighted by Crippen LogP contribution is -2.50. The summed E-state index contributed by atoms with van der Waals surface area (Å²) in [4.78, 5) is 29.2. The number of amides is 1. The molecule has 1 aromatic heterocycles. The lowest BCUT2D eigenvalue weighted by Gasteiger charge is -2.38. The average Bonchev–Trinajstić information content (AvgIpc) is 2.69. The van der Waals surface area contributed by atoms with E-state index in [1.54, 1.807) is 24.5 Å². The molecule has 1 aromatic carbocycles. The van der Waals surface area contributed by atoms with Gasteiger partial charge >= 0.3 is 5.97 Å². The van der Waals surface area contributed by atoms with Gasteiger partial charge in [0, 0.05) is 23.9 Å². The molecule has 0 fully saturated rings. The van der Waals surface area contributed by atoms with Crippen molar-refractivity contribution >= 4 is 18.1 Å². The summed E-state index contributed by atoms with van der Waals surface area (Å²) >= 11 is 0. The van der Waals surface area contributed by atoms with Gasteiger partial charge in [0.25, 0.3) is 5.91 Å². The fourth-order valence-electron chi connectivity index (χ4n) is 3.45. The van der Waals surface area contributed by atoms with Gasteiger partial charge in [0.15, 0.2) is 5.41 Å². The van der Waals surface area contributed by atoms with Crippen molar-refractivity contribution in [3.63, 3.8) is 0 Å². The Kier molecular flexibility index (Phi) is 5.45. The van der Waals surface area contributed by atoms with Crippen LogP contribution in [0.4, 0.5) is 0 Å². The molecule has 27 heavy (non-hydrogen) atoms. The average molecular weight is 363 g/mol. The monoisotopic (exact) mass is 363 g/mol. The van der Waals surface area contributed by atoms with Gasteiger partial charge in [-0.05, 0) is 31.4 Å². The van der Waals surface area contributed by atoms with Gasteiger partial charge in [0.2, 0.25) is 0 Å². The van der Waals surface area contributed by atoms with E-state index >= 15 is 0 Å². The summed E-state index contributed by atoms with van der Waals surface area (Å²) < 4.78 is 0. The van der Waals surface area contributed by atoms with Crippen molar-refractivity contribution < 1.29 is 14.7 Å². The lowest BCUT2D eigenvalue weighted by atomic mass is 9.64. The van der Waals surface area contributed by atoms with Crippen molar-refractivity contribution in [1.29, 1.82) is 0 Å². The number of hydrogen-bond acceptors (Lipinski definition) is 4. The van der Waals surface area contributed by atoms with Crippen molar-refractivity contribution in [2.45, 2.75) is 25.7 Å². The van der Waals surface area contributed by atoms with E-state index in [-0.39, 0.29) is 6.42 Å². The van der Waals surface area contributed by atoms with Crippen molar-refractivity contribution in [1.82, 2.24) is 10.4 Å². The van der Waals surface area contributed by atoms with Crippen LogP contribution in [-0.4, -0.2) is 28.2 Å². The number of pyridine rings is 1. The number of carbonyl (C=O) groups excluding carboxylic acids is 1. The van der Waals surface area contributed by atoms with Crippen molar-refractivity contribution in [2.75, 3.05) is 0 Å². The topological polar surface area (TPSA) is 91.6 Å². The van der Waals surface area contributed by atoms with E-state index in [1.165, 1.54) is 6.21 Å². The van der Waals surface area contributed by atoms with E-state index in [1.807, 2.05) is 43.3 Å². The number of rotatable bonds is 5. The van der Waals surface area contributed by atoms with E-state index in [0.717, 1.165) is 11.1 Å². The van der Waals surface area contributed by atoms with Gasteiger partial charge < -0.3 is 5.11 Å².